The predicted molar refractivity (Wildman–Crippen MR) is 118 cm³/mol. The van der Waals surface area contributed by atoms with Crippen LogP contribution >= 0.6 is 0 Å². The van der Waals surface area contributed by atoms with Crippen molar-refractivity contribution in [3.63, 3.8) is 0 Å². The summed E-state index contributed by atoms with van der Waals surface area (Å²) in [4.78, 5) is 29.0. The molecule has 2 aromatic heterocycles. The minimum atomic E-state index is 0.0455. The van der Waals surface area contributed by atoms with Crippen LogP contribution < -0.4 is 24.6 Å². The first-order valence-corrected chi connectivity index (χ1v) is 9.96. The van der Waals surface area contributed by atoms with E-state index in [-0.39, 0.29) is 5.91 Å². The van der Waals surface area contributed by atoms with Gasteiger partial charge in [-0.3, -0.25) is 4.79 Å². The van der Waals surface area contributed by atoms with E-state index in [0.717, 1.165) is 22.8 Å². The number of ether oxygens (including phenoxy) is 2. The highest BCUT2D eigenvalue weighted by molar-refractivity contribution is 6.02. The second kappa shape index (κ2) is 8.86. The summed E-state index contributed by atoms with van der Waals surface area (Å²) in [5, 5.41) is 3.21. The Labute approximate surface area is 180 Å². The molecule has 1 aliphatic heterocycles. The number of hydrogen-bond donors (Lipinski definition) is 1. The van der Waals surface area contributed by atoms with E-state index >= 15 is 0 Å². The molecule has 0 atom stereocenters. The summed E-state index contributed by atoms with van der Waals surface area (Å²) in [5.74, 6) is 3.15. The summed E-state index contributed by atoms with van der Waals surface area (Å²) in [6, 6.07) is 11.1. The van der Waals surface area contributed by atoms with Crippen molar-refractivity contribution in [2.24, 2.45) is 0 Å². The fourth-order valence-electron chi connectivity index (χ4n) is 3.31. The van der Waals surface area contributed by atoms with Gasteiger partial charge in [0.15, 0.2) is 5.82 Å². The average molecular weight is 420 g/mol. The van der Waals surface area contributed by atoms with Crippen molar-refractivity contribution < 1.29 is 14.3 Å². The number of aromatic nitrogens is 3. The third kappa shape index (κ3) is 4.50. The predicted octanol–water partition coefficient (Wildman–Crippen LogP) is 3.09. The Morgan fingerprint density at radius 3 is 2.71 bits per heavy atom. The lowest BCUT2D eigenvalue weighted by Crippen LogP contribution is -2.44. The number of fused-ring (bicyclic) bond motifs is 1. The first kappa shape index (κ1) is 20.4. The van der Waals surface area contributed by atoms with Gasteiger partial charge in [0.1, 0.15) is 17.2 Å². The van der Waals surface area contributed by atoms with E-state index < -0.39 is 0 Å². The third-order valence-electron chi connectivity index (χ3n) is 4.90. The summed E-state index contributed by atoms with van der Waals surface area (Å²) >= 11 is 0. The molecule has 1 N–H and O–H groups in total. The lowest BCUT2D eigenvalue weighted by molar-refractivity contribution is -0.117. The molecule has 0 radical (unpaired) electrons. The molecule has 9 nitrogen and oxygen atoms in total. The van der Waals surface area contributed by atoms with Crippen LogP contribution in [0.2, 0.25) is 0 Å². The molecule has 0 saturated heterocycles. The number of hydrogen-bond acceptors (Lipinski definition) is 8. The smallest absolute Gasteiger partial charge is 0.246 e. The van der Waals surface area contributed by atoms with E-state index in [0.29, 0.717) is 37.2 Å². The van der Waals surface area contributed by atoms with Crippen LogP contribution in [0.3, 0.4) is 0 Å². The molecule has 160 valence electrons. The molecule has 9 heteroatoms. The van der Waals surface area contributed by atoms with Gasteiger partial charge in [-0.15, -0.1) is 0 Å². The van der Waals surface area contributed by atoms with Crippen molar-refractivity contribution in [3.05, 3.63) is 54.4 Å². The summed E-state index contributed by atoms with van der Waals surface area (Å²) in [6.45, 7) is 3.33. The second-order valence-corrected chi connectivity index (χ2v) is 7.04. The van der Waals surface area contributed by atoms with Crippen molar-refractivity contribution >= 4 is 23.4 Å². The first-order chi connectivity index (χ1) is 15.1. The number of likely N-dealkylation sites (N-methyl/N-ethyl adjacent to an activating group) is 2. The van der Waals surface area contributed by atoms with Crippen LogP contribution in [-0.2, 0) is 11.3 Å². The van der Waals surface area contributed by atoms with E-state index in [1.54, 1.807) is 30.5 Å². The Morgan fingerprint density at radius 2 is 1.97 bits per heavy atom. The molecule has 0 bridgehead atoms. The lowest BCUT2D eigenvalue weighted by Gasteiger charge is -2.33. The molecule has 0 spiro atoms. The number of carbonyl (C=O) groups excluding carboxylic acids is 1. The number of rotatable bonds is 7. The quantitative estimate of drug-likeness (QED) is 0.623. The SMILES string of the molecule is CCN1C(=O)CN(C)c2nc(NCc3ccc(Oc4cccc(OC)c4)nc3)ncc21. The van der Waals surface area contributed by atoms with Crippen LogP contribution in [0.15, 0.2) is 48.8 Å². The number of carbonyl (C=O) groups is 1. The summed E-state index contributed by atoms with van der Waals surface area (Å²) in [5.41, 5.74) is 1.69. The number of anilines is 3. The van der Waals surface area contributed by atoms with E-state index in [2.05, 4.69) is 20.3 Å². The van der Waals surface area contributed by atoms with Gasteiger partial charge in [0.25, 0.3) is 0 Å². The molecule has 4 rings (SSSR count). The van der Waals surface area contributed by atoms with Crippen molar-refractivity contribution in [1.82, 2.24) is 15.0 Å². The molecule has 0 saturated carbocycles. The van der Waals surface area contributed by atoms with Gasteiger partial charge in [0.05, 0.1) is 19.9 Å². The maximum absolute atomic E-state index is 12.2. The van der Waals surface area contributed by atoms with E-state index in [1.165, 1.54) is 0 Å². The maximum Gasteiger partial charge on any atom is 0.246 e. The Hall–Kier alpha value is -3.88. The molecule has 1 amide bonds. The number of benzene rings is 1. The number of pyridine rings is 1. The zero-order chi connectivity index (χ0) is 21.8. The summed E-state index contributed by atoms with van der Waals surface area (Å²) in [7, 11) is 3.47. The van der Waals surface area contributed by atoms with E-state index in [9.17, 15) is 4.79 Å². The average Bonchev–Trinajstić information content (AvgIpc) is 2.79. The van der Waals surface area contributed by atoms with Crippen molar-refractivity contribution in [2.45, 2.75) is 13.5 Å². The van der Waals surface area contributed by atoms with Crippen LogP contribution in [0.5, 0.6) is 17.4 Å². The van der Waals surface area contributed by atoms with Crippen LogP contribution in [0.25, 0.3) is 0 Å². The van der Waals surface area contributed by atoms with Gasteiger partial charge in [-0.05, 0) is 24.6 Å². The van der Waals surface area contributed by atoms with E-state index in [4.69, 9.17) is 9.47 Å². The van der Waals surface area contributed by atoms with Crippen LogP contribution in [0.1, 0.15) is 12.5 Å². The zero-order valence-electron chi connectivity index (χ0n) is 17.7. The molecule has 1 aromatic carbocycles. The van der Waals surface area contributed by atoms with Gasteiger partial charge in [0, 0.05) is 38.5 Å². The van der Waals surface area contributed by atoms with Crippen molar-refractivity contribution in [2.75, 3.05) is 42.4 Å². The number of nitrogens with one attached hydrogen (secondary N) is 1. The number of nitrogens with zero attached hydrogens (tertiary/aromatic N) is 5. The monoisotopic (exact) mass is 420 g/mol. The molecule has 3 aromatic rings. The first-order valence-electron chi connectivity index (χ1n) is 9.96. The Kier molecular flexibility index (Phi) is 5.83. The Morgan fingerprint density at radius 1 is 1.13 bits per heavy atom. The maximum atomic E-state index is 12.2. The number of amides is 1. The Balaban J connectivity index is 1.40. The highest BCUT2D eigenvalue weighted by atomic mass is 16.5. The van der Waals surface area contributed by atoms with Gasteiger partial charge in [-0.1, -0.05) is 12.1 Å². The minimum Gasteiger partial charge on any atom is -0.497 e. The van der Waals surface area contributed by atoms with Gasteiger partial charge < -0.3 is 24.6 Å². The standard InChI is InChI=1S/C22H24N6O3/c1-4-28-18-13-25-22(26-21(18)27(2)14-20(28)29)24-12-15-8-9-19(23-11-15)31-17-7-5-6-16(10-17)30-3/h5-11,13H,4,12,14H2,1-3H3,(H,24,25,26). The van der Waals surface area contributed by atoms with Crippen LogP contribution in [0.4, 0.5) is 17.5 Å². The third-order valence-corrected chi connectivity index (χ3v) is 4.90. The molecule has 1 aliphatic rings. The fraction of sp³-hybridized carbons (Fsp3) is 0.273. The van der Waals surface area contributed by atoms with Crippen LogP contribution in [0, 0.1) is 0 Å². The highest BCUT2D eigenvalue weighted by Crippen LogP contribution is 2.31. The molecule has 3 heterocycles. The molecule has 0 unspecified atom stereocenters. The normalized spacial score (nSPS) is 13.1. The molecule has 0 aliphatic carbocycles. The topological polar surface area (TPSA) is 92.7 Å². The highest BCUT2D eigenvalue weighted by Gasteiger charge is 2.28. The zero-order valence-corrected chi connectivity index (χ0v) is 17.7. The van der Waals surface area contributed by atoms with E-state index in [1.807, 2.05) is 49.2 Å². The largest absolute Gasteiger partial charge is 0.497 e. The van der Waals surface area contributed by atoms with Gasteiger partial charge >= 0.3 is 0 Å². The number of methoxy groups -OCH3 is 1. The fourth-order valence-corrected chi connectivity index (χ4v) is 3.31. The summed E-state index contributed by atoms with van der Waals surface area (Å²) in [6.07, 6.45) is 3.43. The second-order valence-electron chi connectivity index (χ2n) is 7.04. The van der Waals surface area contributed by atoms with Gasteiger partial charge in [0.2, 0.25) is 17.7 Å². The van der Waals surface area contributed by atoms with Gasteiger partial charge in [-0.2, -0.15) is 4.98 Å². The lowest BCUT2D eigenvalue weighted by atomic mass is 10.2. The van der Waals surface area contributed by atoms with Crippen molar-refractivity contribution in [1.29, 1.82) is 0 Å². The molecule has 0 fully saturated rings. The van der Waals surface area contributed by atoms with Crippen molar-refractivity contribution in [3.8, 4) is 17.4 Å². The minimum absolute atomic E-state index is 0.0455. The van der Waals surface area contributed by atoms with Crippen LogP contribution in [-0.4, -0.2) is 48.1 Å². The Bertz CT molecular complexity index is 1070. The molecular formula is C22H24N6O3. The van der Waals surface area contributed by atoms with Gasteiger partial charge in [-0.25, -0.2) is 9.97 Å². The molecular weight excluding hydrogens is 396 g/mol. The molecule has 31 heavy (non-hydrogen) atoms. The summed E-state index contributed by atoms with van der Waals surface area (Å²) < 4.78 is 11.0.